The summed E-state index contributed by atoms with van der Waals surface area (Å²) in [6, 6.07) is 11.8. The smallest absolute Gasteiger partial charge is 0.408 e. The summed E-state index contributed by atoms with van der Waals surface area (Å²) in [5.74, 6) is -0.337. The average Bonchev–Trinajstić information content (AvgIpc) is 3.03. The number of aryl methyl sites for hydroxylation is 2. The molecule has 0 fully saturated rings. The van der Waals surface area contributed by atoms with Gasteiger partial charge < -0.3 is 10.2 Å². The fourth-order valence-electron chi connectivity index (χ4n) is 3.14. The number of hydrogen-bond acceptors (Lipinski definition) is 3. The maximum Gasteiger partial charge on any atom is 0.420 e. The minimum absolute atomic E-state index is 0.337. The number of benzene rings is 2. The van der Waals surface area contributed by atoms with Crippen molar-refractivity contribution >= 4 is 16.8 Å². The van der Waals surface area contributed by atoms with Gasteiger partial charge in [0.2, 0.25) is 0 Å². The van der Waals surface area contributed by atoms with Crippen LogP contribution in [0.1, 0.15) is 23.1 Å². The molecule has 2 aromatic carbocycles. The number of hydrogen-bond donors (Lipinski definition) is 1. The maximum atomic E-state index is 12.0. The van der Waals surface area contributed by atoms with Gasteiger partial charge in [-0.15, -0.1) is 0 Å². The largest absolute Gasteiger partial charge is 0.420 e. The number of oxazole rings is 1. The van der Waals surface area contributed by atoms with Gasteiger partial charge in [-0.05, 0) is 48.1 Å². The standard InChI is InChI=1S/C17H16N2O2/c18-14-6-7-15-16(9-14)21-17(20)19(15)10-11-4-5-12-2-1-3-13(12)8-11/h4-9H,1-3,10,18H2. The van der Waals surface area contributed by atoms with E-state index in [2.05, 4.69) is 18.2 Å². The average molecular weight is 280 g/mol. The summed E-state index contributed by atoms with van der Waals surface area (Å²) in [6.45, 7) is 0.531. The minimum atomic E-state index is -0.337. The van der Waals surface area contributed by atoms with Gasteiger partial charge in [-0.25, -0.2) is 4.79 Å². The molecule has 0 spiro atoms. The summed E-state index contributed by atoms with van der Waals surface area (Å²) in [7, 11) is 0. The molecule has 0 bridgehead atoms. The molecule has 1 aliphatic rings. The van der Waals surface area contributed by atoms with Crippen LogP contribution in [0.15, 0.2) is 45.6 Å². The predicted octanol–water partition coefficient (Wildman–Crippen LogP) is 2.71. The van der Waals surface area contributed by atoms with Gasteiger partial charge >= 0.3 is 5.76 Å². The van der Waals surface area contributed by atoms with Crippen molar-refractivity contribution in [1.82, 2.24) is 4.57 Å². The van der Waals surface area contributed by atoms with Gasteiger partial charge in [0.1, 0.15) is 0 Å². The van der Waals surface area contributed by atoms with Gasteiger partial charge in [0.25, 0.3) is 0 Å². The van der Waals surface area contributed by atoms with E-state index in [4.69, 9.17) is 10.2 Å². The van der Waals surface area contributed by atoms with Crippen molar-refractivity contribution in [1.29, 1.82) is 0 Å². The van der Waals surface area contributed by atoms with Crippen LogP contribution in [0.5, 0.6) is 0 Å². The third-order valence-electron chi connectivity index (χ3n) is 4.20. The third-order valence-corrected chi connectivity index (χ3v) is 4.20. The SMILES string of the molecule is Nc1ccc2c(c1)oc(=O)n2Cc1ccc2c(c1)CCC2. The van der Waals surface area contributed by atoms with Crippen molar-refractivity contribution in [2.75, 3.05) is 5.73 Å². The molecule has 3 aromatic rings. The Bertz CT molecular complexity index is 889. The van der Waals surface area contributed by atoms with E-state index in [-0.39, 0.29) is 5.76 Å². The molecule has 0 radical (unpaired) electrons. The summed E-state index contributed by atoms with van der Waals surface area (Å²) in [5, 5.41) is 0. The van der Waals surface area contributed by atoms with Crippen LogP contribution in [-0.4, -0.2) is 4.57 Å². The second-order valence-electron chi connectivity index (χ2n) is 5.64. The van der Waals surface area contributed by atoms with Gasteiger partial charge in [-0.1, -0.05) is 18.2 Å². The number of nitrogen functional groups attached to an aromatic ring is 1. The molecule has 0 unspecified atom stereocenters. The molecule has 2 N–H and O–H groups in total. The normalized spacial score (nSPS) is 13.7. The van der Waals surface area contributed by atoms with E-state index in [9.17, 15) is 4.79 Å². The first-order valence-electron chi connectivity index (χ1n) is 7.20. The lowest BCUT2D eigenvalue weighted by Gasteiger charge is -2.06. The van der Waals surface area contributed by atoms with E-state index < -0.39 is 0 Å². The maximum absolute atomic E-state index is 12.0. The molecule has 0 amide bonds. The Hall–Kier alpha value is -2.49. The number of nitrogens with two attached hydrogens (primary N) is 1. The molecule has 4 rings (SSSR count). The van der Waals surface area contributed by atoms with Crippen LogP contribution in [0.4, 0.5) is 5.69 Å². The molecule has 0 atom stereocenters. The molecule has 1 aliphatic carbocycles. The topological polar surface area (TPSA) is 61.2 Å². The zero-order chi connectivity index (χ0) is 14.4. The molecule has 0 aliphatic heterocycles. The fourth-order valence-corrected chi connectivity index (χ4v) is 3.14. The first-order chi connectivity index (χ1) is 10.2. The molecule has 1 heterocycles. The zero-order valence-electron chi connectivity index (χ0n) is 11.6. The van der Waals surface area contributed by atoms with Crippen molar-refractivity contribution in [3.8, 4) is 0 Å². The molecule has 4 nitrogen and oxygen atoms in total. The van der Waals surface area contributed by atoms with Crippen molar-refractivity contribution in [2.45, 2.75) is 25.8 Å². The second kappa shape index (κ2) is 4.52. The number of rotatable bonds is 2. The molecule has 0 saturated carbocycles. The van der Waals surface area contributed by atoms with E-state index in [0.717, 1.165) is 17.5 Å². The monoisotopic (exact) mass is 280 g/mol. The number of fused-ring (bicyclic) bond motifs is 2. The molecule has 1 aromatic heterocycles. The van der Waals surface area contributed by atoms with Crippen molar-refractivity contribution in [3.05, 3.63) is 63.6 Å². The summed E-state index contributed by atoms with van der Waals surface area (Å²) < 4.78 is 6.93. The van der Waals surface area contributed by atoms with E-state index in [1.807, 2.05) is 6.07 Å². The first-order valence-corrected chi connectivity index (χ1v) is 7.20. The van der Waals surface area contributed by atoms with Crippen LogP contribution in [0.25, 0.3) is 11.1 Å². The molecular weight excluding hydrogens is 264 g/mol. The summed E-state index contributed by atoms with van der Waals surface area (Å²) in [6.07, 6.45) is 3.54. The summed E-state index contributed by atoms with van der Waals surface area (Å²) in [4.78, 5) is 12.0. The lowest BCUT2D eigenvalue weighted by molar-refractivity contribution is 0.518. The highest BCUT2D eigenvalue weighted by Crippen LogP contribution is 2.24. The third kappa shape index (κ3) is 2.03. The van der Waals surface area contributed by atoms with Crippen LogP contribution < -0.4 is 11.5 Å². The van der Waals surface area contributed by atoms with Crippen molar-refractivity contribution < 1.29 is 4.42 Å². The molecule has 106 valence electrons. The Balaban J connectivity index is 1.77. The first kappa shape index (κ1) is 12.3. The van der Waals surface area contributed by atoms with E-state index in [1.54, 1.807) is 16.7 Å². The number of aromatic nitrogens is 1. The van der Waals surface area contributed by atoms with Crippen LogP contribution in [0.2, 0.25) is 0 Å². The van der Waals surface area contributed by atoms with E-state index in [1.165, 1.54) is 24.0 Å². The highest BCUT2D eigenvalue weighted by atomic mass is 16.4. The lowest BCUT2D eigenvalue weighted by atomic mass is 10.1. The Labute approximate surface area is 121 Å². The van der Waals surface area contributed by atoms with Gasteiger partial charge in [0.05, 0.1) is 12.1 Å². The van der Waals surface area contributed by atoms with Gasteiger partial charge in [0.15, 0.2) is 5.58 Å². The molecule has 4 heteroatoms. The Morgan fingerprint density at radius 1 is 1.10 bits per heavy atom. The zero-order valence-corrected chi connectivity index (χ0v) is 11.6. The van der Waals surface area contributed by atoms with E-state index in [0.29, 0.717) is 17.8 Å². The molecule has 21 heavy (non-hydrogen) atoms. The van der Waals surface area contributed by atoms with Gasteiger partial charge in [-0.2, -0.15) is 0 Å². The minimum Gasteiger partial charge on any atom is -0.408 e. The Morgan fingerprint density at radius 3 is 2.86 bits per heavy atom. The number of nitrogens with zero attached hydrogens (tertiary/aromatic N) is 1. The highest BCUT2D eigenvalue weighted by Gasteiger charge is 2.13. The summed E-state index contributed by atoms with van der Waals surface area (Å²) in [5.41, 5.74) is 11.6. The van der Waals surface area contributed by atoms with Crippen LogP contribution in [0, 0.1) is 0 Å². The van der Waals surface area contributed by atoms with Gasteiger partial charge in [-0.3, -0.25) is 4.57 Å². The van der Waals surface area contributed by atoms with Crippen LogP contribution >= 0.6 is 0 Å². The summed E-state index contributed by atoms with van der Waals surface area (Å²) >= 11 is 0. The quantitative estimate of drug-likeness (QED) is 0.734. The fraction of sp³-hybridized carbons (Fsp3) is 0.235. The van der Waals surface area contributed by atoms with E-state index >= 15 is 0 Å². The Morgan fingerprint density at radius 2 is 1.95 bits per heavy atom. The van der Waals surface area contributed by atoms with Gasteiger partial charge in [0, 0.05) is 11.8 Å². The predicted molar refractivity (Wildman–Crippen MR) is 82.5 cm³/mol. The highest BCUT2D eigenvalue weighted by molar-refractivity contribution is 5.76. The van der Waals surface area contributed by atoms with Crippen molar-refractivity contribution in [3.63, 3.8) is 0 Å². The molecular formula is C17H16N2O2. The second-order valence-corrected chi connectivity index (χ2v) is 5.64. The van der Waals surface area contributed by atoms with Crippen LogP contribution in [-0.2, 0) is 19.4 Å². The van der Waals surface area contributed by atoms with Crippen LogP contribution in [0.3, 0.4) is 0 Å². The Kier molecular flexibility index (Phi) is 2.64. The lowest BCUT2D eigenvalue weighted by Crippen LogP contribution is -2.15. The number of anilines is 1. The van der Waals surface area contributed by atoms with Crippen molar-refractivity contribution in [2.24, 2.45) is 0 Å². The molecule has 0 saturated heterocycles.